The van der Waals surface area contributed by atoms with E-state index in [-0.39, 0.29) is 5.56 Å². The minimum Gasteiger partial charge on any atom is -0.336 e. The molecule has 0 saturated carbocycles. The number of alkyl halides is 1. The Morgan fingerprint density at radius 2 is 2.43 bits per heavy atom. The largest absolute Gasteiger partial charge is 0.336 e. The number of ether oxygens (including phenoxy) is 1. The van der Waals surface area contributed by atoms with Gasteiger partial charge in [0.15, 0.2) is 5.56 Å². The number of halogens is 2. The zero-order chi connectivity index (χ0) is 5.28. The van der Waals surface area contributed by atoms with Crippen LogP contribution in [0, 0.1) is 5.56 Å². The van der Waals surface area contributed by atoms with Crippen LogP contribution in [0.15, 0.2) is 0 Å². The van der Waals surface area contributed by atoms with E-state index in [1.54, 1.807) is 0 Å². The quantitative estimate of drug-likeness (QED) is 0.468. The van der Waals surface area contributed by atoms with Crippen molar-refractivity contribution in [2.75, 3.05) is 0 Å². The van der Waals surface area contributed by atoms with Gasteiger partial charge in [0.2, 0.25) is 0 Å². The summed E-state index contributed by atoms with van der Waals surface area (Å²) in [5, 5.41) is 0. The lowest BCUT2D eigenvalue weighted by Gasteiger charge is -1.95. The van der Waals surface area contributed by atoms with E-state index in [0.717, 1.165) is 12.8 Å². The lowest BCUT2D eigenvalue weighted by molar-refractivity contribution is 0.204. The molecule has 0 N–H and O–H groups in total. The summed E-state index contributed by atoms with van der Waals surface area (Å²) in [6.45, 7) is 0. The summed E-state index contributed by atoms with van der Waals surface area (Å²) in [5.41, 5.74) is 0.368. The van der Waals surface area contributed by atoms with Crippen LogP contribution in [0.2, 0.25) is 0 Å². The molecule has 0 aromatic rings. The summed E-state index contributed by atoms with van der Waals surface area (Å²) in [4.78, 5) is 0. The molecule has 1 radical (unpaired) electrons. The Morgan fingerprint density at radius 1 is 1.71 bits per heavy atom. The highest BCUT2D eigenvalue weighted by atomic mass is 35.5. The summed E-state index contributed by atoms with van der Waals surface area (Å²) in [7, 11) is 0. The van der Waals surface area contributed by atoms with Crippen LogP contribution in [0.5, 0.6) is 0 Å². The molecule has 1 rings (SSSR count). The van der Waals surface area contributed by atoms with Crippen LogP contribution in [-0.4, -0.2) is 5.56 Å². The Labute approximate surface area is 52.5 Å². The van der Waals surface area contributed by atoms with Gasteiger partial charge < -0.3 is 4.74 Å². The molecule has 1 fully saturated rings. The van der Waals surface area contributed by atoms with E-state index in [9.17, 15) is 0 Å². The molecule has 0 aromatic heterocycles. The molecule has 1 nitrogen and oxygen atoms in total. The van der Waals surface area contributed by atoms with Crippen LogP contribution in [0.1, 0.15) is 12.8 Å². The van der Waals surface area contributed by atoms with Gasteiger partial charge in [-0.3, -0.25) is 0 Å². The fraction of sp³-hybridized carbons (Fsp3) is 0.750. The third kappa shape index (κ3) is 1.48. The fourth-order valence-electron chi connectivity index (χ4n) is 0.484. The van der Waals surface area contributed by atoms with Gasteiger partial charge in [-0.05, 0) is 12.8 Å². The van der Waals surface area contributed by atoms with Crippen molar-refractivity contribution in [1.29, 1.82) is 0 Å². The first-order valence-electron chi connectivity index (χ1n) is 2.11. The summed E-state index contributed by atoms with van der Waals surface area (Å²) in [6, 6.07) is 0. The van der Waals surface area contributed by atoms with Gasteiger partial charge in [-0.2, -0.15) is 0 Å². The zero-order valence-corrected chi connectivity index (χ0v) is 5.17. The SMILES string of the molecule is Cl[C]1CCC(Cl)O1. The second-order valence-electron chi connectivity index (χ2n) is 1.42. The molecule has 1 unspecified atom stereocenters. The number of hydrogen-bond acceptors (Lipinski definition) is 1. The standard InChI is InChI=1S/C4H5Cl2O/c5-3-1-2-4(6)7-3/h3H,1-2H2. The average molecular weight is 140 g/mol. The van der Waals surface area contributed by atoms with Crippen LogP contribution >= 0.6 is 23.2 Å². The Hall–Kier alpha value is 0.540. The molecule has 1 saturated heterocycles. The molecule has 1 atom stereocenters. The summed E-state index contributed by atoms with van der Waals surface area (Å²) in [5.74, 6) is 0. The molecule has 1 aliphatic heterocycles. The van der Waals surface area contributed by atoms with E-state index >= 15 is 0 Å². The maximum atomic E-state index is 5.48. The smallest absolute Gasteiger partial charge is 0.186 e. The fourth-order valence-corrected chi connectivity index (χ4v) is 0.962. The van der Waals surface area contributed by atoms with E-state index < -0.39 is 0 Å². The van der Waals surface area contributed by atoms with Crippen LogP contribution in [0.3, 0.4) is 0 Å². The molecule has 3 heteroatoms. The highest BCUT2D eigenvalue weighted by molar-refractivity contribution is 6.27. The topological polar surface area (TPSA) is 9.23 Å². The van der Waals surface area contributed by atoms with Crippen LogP contribution in [-0.2, 0) is 4.74 Å². The first-order chi connectivity index (χ1) is 3.29. The van der Waals surface area contributed by atoms with Crippen molar-refractivity contribution in [3.8, 4) is 0 Å². The lowest BCUT2D eigenvalue weighted by Crippen LogP contribution is -1.90. The van der Waals surface area contributed by atoms with Gasteiger partial charge in [0.25, 0.3) is 0 Å². The van der Waals surface area contributed by atoms with Crippen molar-refractivity contribution < 1.29 is 4.74 Å². The van der Waals surface area contributed by atoms with Crippen LogP contribution in [0.4, 0.5) is 0 Å². The maximum Gasteiger partial charge on any atom is 0.186 e. The Morgan fingerprint density at radius 3 is 2.57 bits per heavy atom. The Kier molecular flexibility index (Phi) is 1.79. The number of hydrogen-bond donors (Lipinski definition) is 0. The van der Waals surface area contributed by atoms with Crippen molar-refractivity contribution in [2.45, 2.75) is 18.4 Å². The van der Waals surface area contributed by atoms with Crippen molar-refractivity contribution in [1.82, 2.24) is 0 Å². The zero-order valence-electron chi connectivity index (χ0n) is 3.66. The molecular formula is C4H5Cl2O. The van der Waals surface area contributed by atoms with Gasteiger partial charge in [-0.15, -0.1) is 0 Å². The highest BCUT2D eigenvalue weighted by Crippen LogP contribution is 2.30. The van der Waals surface area contributed by atoms with Gasteiger partial charge in [0.1, 0.15) is 5.56 Å². The molecule has 1 heterocycles. The van der Waals surface area contributed by atoms with E-state index in [2.05, 4.69) is 0 Å². The van der Waals surface area contributed by atoms with Crippen molar-refractivity contribution in [3.63, 3.8) is 0 Å². The summed E-state index contributed by atoms with van der Waals surface area (Å²) >= 11 is 10.9. The van der Waals surface area contributed by atoms with E-state index in [1.165, 1.54) is 0 Å². The molecule has 0 aliphatic carbocycles. The van der Waals surface area contributed by atoms with E-state index in [1.807, 2.05) is 0 Å². The molecule has 7 heavy (non-hydrogen) atoms. The molecule has 0 amide bonds. The maximum absolute atomic E-state index is 5.48. The first kappa shape index (κ1) is 5.67. The predicted octanol–water partition coefficient (Wildman–Crippen LogP) is 2.09. The van der Waals surface area contributed by atoms with Gasteiger partial charge in [-0.1, -0.05) is 23.2 Å². The van der Waals surface area contributed by atoms with Crippen molar-refractivity contribution in [3.05, 3.63) is 5.56 Å². The monoisotopic (exact) mass is 139 g/mol. The third-order valence-corrected chi connectivity index (χ3v) is 1.41. The van der Waals surface area contributed by atoms with Gasteiger partial charge in [0, 0.05) is 0 Å². The Bertz CT molecular complexity index is 58.7. The first-order valence-corrected chi connectivity index (χ1v) is 2.92. The summed E-state index contributed by atoms with van der Waals surface area (Å²) in [6.07, 6.45) is 1.65. The Balaban J connectivity index is 2.26. The number of rotatable bonds is 0. The van der Waals surface area contributed by atoms with E-state index in [4.69, 9.17) is 27.9 Å². The predicted molar refractivity (Wildman–Crippen MR) is 29.1 cm³/mol. The molecule has 41 valence electrons. The van der Waals surface area contributed by atoms with Crippen LogP contribution in [0.25, 0.3) is 0 Å². The molecule has 0 bridgehead atoms. The molecular weight excluding hydrogens is 135 g/mol. The molecule has 0 spiro atoms. The molecule has 0 aromatic carbocycles. The second kappa shape index (κ2) is 2.21. The van der Waals surface area contributed by atoms with Crippen molar-refractivity contribution in [2.24, 2.45) is 0 Å². The highest BCUT2D eigenvalue weighted by Gasteiger charge is 2.21. The van der Waals surface area contributed by atoms with Crippen molar-refractivity contribution >= 4 is 23.2 Å². The van der Waals surface area contributed by atoms with Crippen LogP contribution < -0.4 is 0 Å². The minimum absolute atomic E-state index is 0.174. The third-order valence-electron chi connectivity index (χ3n) is 0.824. The normalized spacial score (nSPS) is 34.3. The average Bonchev–Trinajstić information content (AvgIpc) is 1.87. The van der Waals surface area contributed by atoms with Gasteiger partial charge >= 0.3 is 0 Å². The van der Waals surface area contributed by atoms with Gasteiger partial charge in [0.05, 0.1) is 0 Å². The second-order valence-corrected chi connectivity index (χ2v) is 2.33. The lowest BCUT2D eigenvalue weighted by atomic mass is 10.4. The van der Waals surface area contributed by atoms with Gasteiger partial charge in [-0.25, -0.2) is 0 Å². The minimum atomic E-state index is -0.174. The molecule has 1 aliphatic rings. The van der Waals surface area contributed by atoms with E-state index in [0.29, 0.717) is 5.56 Å². The summed E-state index contributed by atoms with van der Waals surface area (Å²) < 4.78 is 4.81.